The van der Waals surface area contributed by atoms with Gasteiger partial charge in [0.1, 0.15) is 6.54 Å². The van der Waals surface area contributed by atoms with Crippen molar-refractivity contribution in [2.75, 3.05) is 5.32 Å². The minimum Gasteiger partial charge on any atom is -0.325 e. The highest BCUT2D eigenvalue weighted by atomic mass is 79.9. The Morgan fingerprint density at radius 3 is 2.64 bits per heavy atom. The average molecular weight is 412 g/mol. The second kappa shape index (κ2) is 6.82. The summed E-state index contributed by atoms with van der Waals surface area (Å²) in [5.41, 5.74) is 2.62. The Hall–Kier alpha value is -2.44. The van der Waals surface area contributed by atoms with Gasteiger partial charge in [-0.25, -0.2) is 4.98 Å². The van der Waals surface area contributed by atoms with E-state index in [1.165, 1.54) is 0 Å². The van der Waals surface area contributed by atoms with Crippen LogP contribution in [0.15, 0.2) is 70.5 Å². The van der Waals surface area contributed by atoms with Gasteiger partial charge < -0.3 is 9.88 Å². The Balaban J connectivity index is 1.67. The number of carbonyl (C=O) groups is 1. The van der Waals surface area contributed by atoms with Crippen LogP contribution in [0, 0.1) is 0 Å². The molecule has 6 heteroatoms. The number of hydrogen-bond donors (Lipinski definition) is 1. The largest absolute Gasteiger partial charge is 0.325 e. The molecule has 0 atom stereocenters. The molecule has 4 rings (SSSR count). The fraction of sp³-hybridized carbons (Fsp3) is 0.0526. The van der Waals surface area contributed by atoms with Crippen molar-refractivity contribution in [3.05, 3.63) is 70.5 Å². The highest BCUT2D eigenvalue weighted by molar-refractivity contribution is 9.10. The van der Waals surface area contributed by atoms with Gasteiger partial charge in [0.15, 0.2) is 5.82 Å². The van der Waals surface area contributed by atoms with Gasteiger partial charge in [0, 0.05) is 10.2 Å². The van der Waals surface area contributed by atoms with Crippen LogP contribution in [0.1, 0.15) is 0 Å². The third-order valence-corrected chi connectivity index (χ3v) is 5.22. The Bertz CT molecular complexity index is 1020. The summed E-state index contributed by atoms with van der Waals surface area (Å²) in [7, 11) is 0. The second-order valence-corrected chi connectivity index (χ2v) is 7.41. The third kappa shape index (κ3) is 3.36. The van der Waals surface area contributed by atoms with Crippen LogP contribution in [-0.4, -0.2) is 15.5 Å². The van der Waals surface area contributed by atoms with E-state index in [0.29, 0.717) is 0 Å². The number of benzene rings is 2. The van der Waals surface area contributed by atoms with Crippen molar-refractivity contribution in [3.8, 4) is 10.7 Å². The molecule has 0 unspecified atom stereocenters. The number of rotatable bonds is 4. The van der Waals surface area contributed by atoms with Gasteiger partial charge in [0.25, 0.3) is 0 Å². The number of imidazole rings is 1. The van der Waals surface area contributed by atoms with Crippen LogP contribution >= 0.6 is 27.3 Å². The second-order valence-electron chi connectivity index (χ2n) is 5.54. The minimum atomic E-state index is -0.0803. The van der Waals surface area contributed by atoms with E-state index in [9.17, 15) is 4.79 Å². The summed E-state index contributed by atoms with van der Waals surface area (Å²) in [5.74, 6) is 0.741. The van der Waals surface area contributed by atoms with Crippen LogP contribution < -0.4 is 5.32 Å². The van der Waals surface area contributed by atoms with Crippen LogP contribution in [0.25, 0.3) is 21.7 Å². The number of anilines is 1. The number of nitrogens with one attached hydrogen (secondary N) is 1. The van der Waals surface area contributed by atoms with Crippen LogP contribution in [0.2, 0.25) is 0 Å². The van der Waals surface area contributed by atoms with Crippen LogP contribution in [0.3, 0.4) is 0 Å². The SMILES string of the molecule is O=C(Cn1c(-c2cccs2)nc2ccccc21)Nc1ccc(Br)cc1. The molecule has 124 valence electrons. The summed E-state index contributed by atoms with van der Waals surface area (Å²) in [5, 5.41) is 4.95. The topological polar surface area (TPSA) is 46.9 Å². The Morgan fingerprint density at radius 1 is 1.08 bits per heavy atom. The first-order chi connectivity index (χ1) is 12.2. The lowest BCUT2D eigenvalue weighted by Crippen LogP contribution is -2.19. The zero-order chi connectivity index (χ0) is 17.2. The summed E-state index contributed by atoms with van der Waals surface area (Å²) < 4.78 is 2.95. The lowest BCUT2D eigenvalue weighted by molar-refractivity contribution is -0.116. The number of amides is 1. The smallest absolute Gasteiger partial charge is 0.244 e. The van der Waals surface area contributed by atoms with E-state index < -0.39 is 0 Å². The number of thiophene rings is 1. The predicted octanol–water partition coefficient (Wildman–Crippen LogP) is 5.17. The van der Waals surface area contributed by atoms with E-state index in [2.05, 4.69) is 21.2 Å². The van der Waals surface area contributed by atoms with E-state index in [0.717, 1.165) is 31.9 Å². The summed E-state index contributed by atoms with van der Waals surface area (Å²) in [6.07, 6.45) is 0. The van der Waals surface area contributed by atoms with E-state index in [-0.39, 0.29) is 12.5 Å². The number of aromatic nitrogens is 2. The molecule has 0 saturated carbocycles. The molecule has 1 amide bonds. The van der Waals surface area contributed by atoms with Crippen molar-refractivity contribution in [2.45, 2.75) is 6.54 Å². The Kier molecular flexibility index (Phi) is 4.38. The van der Waals surface area contributed by atoms with Gasteiger partial charge in [-0.05, 0) is 47.8 Å². The van der Waals surface area contributed by atoms with E-state index in [1.54, 1.807) is 11.3 Å². The molecule has 0 aliphatic rings. The molecule has 1 N–H and O–H groups in total. The van der Waals surface area contributed by atoms with E-state index >= 15 is 0 Å². The normalized spacial score (nSPS) is 10.9. The van der Waals surface area contributed by atoms with Gasteiger partial charge >= 0.3 is 0 Å². The van der Waals surface area contributed by atoms with Gasteiger partial charge in [-0.1, -0.05) is 34.1 Å². The van der Waals surface area contributed by atoms with E-state index in [4.69, 9.17) is 4.98 Å². The molecule has 0 radical (unpaired) electrons. The highest BCUT2D eigenvalue weighted by Gasteiger charge is 2.15. The Labute approximate surface area is 157 Å². The van der Waals surface area contributed by atoms with Crippen molar-refractivity contribution >= 4 is 49.9 Å². The molecule has 0 fully saturated rings. The molecule has 0 bridgehead atoms. The standard InChI is InChI=1S/C19H14BrN3OS/c20-13-7-9-14(10-8-13)21-18(24)12-23-16-5-2-1-4-15(16)22-19(23)17-6-3-11-25-17/h1-11H,12H2,(H,21,24). The number of hydrogen-bond acceptors (Lipinski definition) is 3. The predicted molar refractivity (Wildman–Crippen MR) is 106 cm³/mol. The molecular weight excluding hydrogens is 398 g/mol. The fourth-order valence-electron chi connectivity index (χ4n) is 2.71. The number of halogens is 1. The zero-order valence-electron chi connectivity index (χ0n) is 13.1. The van der Waals surface area contributed by atoms with Gasteiger partial charge in [0.05, 0.1) is 15.9 Å². The molecule has 4 aromatic rings. The summed E-state index contributed by atoms with van der Waals surface area (Å²) in [6.45, 7) is 0.212. The van der Waals surface area contributed by atoms with E-state index in [1.807, 2.05) is 70.6 Å². The number of nitrogens with zero attached hydrogens (tertiary/aromatic N) is 2. The van der Waals surface area contributed by atoms with Gasteiger partial charge in [-0.2, -0.15) is 0 Å². The maximum atomic E-state index is 12.6. The lowest BCUT2D eigenvalue weighted by Gasteiger charge is -2.09. The third-order valence-electron chi connectivity index (χ3n) is 3.83. The lowest BCUT2D eigenvalue weighted by atomic mass is 10.3. The molecule has 0 aliphatic heterocycles. The highest BCUT2D eigenvalue weighted by Crippen LogP contribution is 2.28. The van der Waals surface area contributed by atoms with Crippen molar-refractivity contribution < 1.29 is 4.79 Å². The molecule has 2 aromatic carbocycles. The molecule has 0 aliphatic carbocycles. The zero-order valence-corrected chi connectivity index (χ0v) is 15.5. The molecule has 4 nitrogen and oxygen atoms in total. The number of carbonyl (C=O) groups excluding carboxylic acids is 1. The summed E-state index contributed by atoms with van der Waals surface area (Å²) >= 11 is 5.01. The van der Waals surface area contributed by atoms with Gasteiger partial charge in [-0.3, -0.25) is 4.79 Å². The quantitative estimate of drug-likeness (QED) is 0.503. The average Bonchev–Trinajstić information content (AvgIpc) is 3.25. The van der Waals surface area contributed by atoms with Gasteiger partial charge in [0.2, 0.25) is 5.91 Å². The summed E-state index contributed by atoms with van der Waals surface area (Å²) in [6, 6.07) is 19.4. The first kappa shape index (κ1) is 16.1. The number of fused-ring (bicyclic) bond motifs is 1. The molecule has 0 saturated heterocycles. The Morgan fingerprint density at radius 2 is 1.88 bits per heavy atom. The van der Waals surface area contributed by atoms with Crippen molar-refractivity contribution in [3.63, 3.8) is 0 Å². The summed E-state index contributed by atoms with van der Waals surface area (Å²) in [4.78, 5) is 18.3. The maximum Gasteiger partial charge on any atom is 0.244 e. The molecule has 2 aromatic heterocycles. The monoisotopic (exact) mass is 411 g/mol. The first-order valence-electron chi connectivity index (χ1n) is 7.75. The van der Waals surface area contributed by atoms with Crippen LogP contribution in [0.5, 0.6) is 0 Å². The first-order valence-corrected chi connectivity index (χ1v) is 9.42. The number of para-hydroxylation sites is 2. The molecule has 2 heterocycles. The fourth-order valence-corrected chi connectivity index (χ4v) is 3.69. The van der Waals surface area contributed by atoms with Crippen LogP contribution in [-0.2, 0) is 11.3 Å². The minimum absolute atomic E-state index is 0.0803. The molecule has 0 spiro atoms. The maximum absolute atomic E-state index is 12.6. The van der Waals surface area contributed by atoms with Crippen molar-refractivity contribution in [1.82, 2.24) is 9.55 Å². The van der Waals surface area contributed by atoms with Crippen molar-refractivity contribution in [1.29, 1.82) is 0 Å². The van der Waals surface area contributed by atoms with Crippen molar-refractivity contribution in [2.24, 2.45) is 0 Å². The molecular formula is C19H14BrN3OS. The van der Waals surface area contributed by atoms with Crippen LogP contribution in [0.4, 0.5) is 5.69 Å². The van der Waals surface area contributed by atoms with Gasteiger partial charge in [-0.15, -0.1) is 11.3 Å². The molecule has 25 heavy (non-hydrogen) atoms.